The molecule has 0 saturated carbocycles. The molecule has 1 unspecified atom stereocenters. The molecule has 0 N–H and O–H groups in total. The van der Waals surface area contributed by atoms with E-state index in [2.05, 4.69) is 27.4 Å². The number of allylic oxidation sites excluding steroid dienone is 1. The molecule has 0 saturated heterocycles. The zero-order valence-electron chi connectivity index (χ0n) is 14.7. The third-order valence-corrected chi connectivity index (χ3v) is 4.43. The predicted molar refractivity (Wildman–Crippen MR) is 94.3 cm³/mol. The molecule has 0 bridgehead atoms. The Morgan fingerprint density at radius 2 is 1.20 bits per heavy atom. The van der Waals surface area contributed by atoms with Crippen molar-refractivity contribution in [3.8, 4) is 0 Å². The summed E-state index contributed by atoms with van der Waals surface area (Å²) < 4.78 is 0. The van der Waals surface area contributed by atoms with Crippen LogP contribution >= 0.6 is 0 Å². The lowest BCUT2D eigenvalue weighted by molar-refractivity contribution is 0.434. The normalized spacial score (nSPS) is 12.6. The van der Waals surface area contributed by atoms with E-state index in [-0.39, 0.29) is 0 Å². The van der Waals surface area contributed by atoms with Crippen molar-refractivity contribution in [3.63, 3.8) is 0 Å². The van der Waals surface area contributed by atoms with Crippen molar-refractivity contribution in [1.82, 2.24) is 0 Å². The van der Waals surface area contributed by atoms with E-state index in [0.717, 1.165) is 5.92 Å². The quantitative estimate of drug-likeness (QED) is 0.213. The van der Waals surface area contributed by atoms with E-state index < -0.39 is 0 Å². The minimum absolute atomic E-state index is 0.895. The molecule has 0 heterocycles. The first-order valence-electron chi connectivity index (χ1n) is 9.35. The van der Waals surface area contributed by atoms with Gasteiger partial charge >= 0.3 is 0 Å². The van der Waals surface area contributed by atoms with Crippen LogP contribution in [0.2, 0.25) is 0 Å². The third-order valence-electron chi connectivity index (χ3n) is 4.43. The van der Waals surface area contributed by atoms with Gasteiger partial charge in [0, 0.05) is 0 Å². The molecule has 0 aromatic carbocycles. The van der Waals surface area contributed by atoms with E-state index in [1.807, 2.05) is 0 Å². The number of unbranched alkanes of at least 4 members (excludes halogenated alkanes) is 10. The summed E-state index contributed by atoms with van der Waals surface area (Å²) in [6.45, 7) is 10.8. The van der Waals surface area contributed by atoms with Crippen LogP contribution in [0.25, 0.3) is 0 Å². The fourth-order valence-corrected chi connectivity index (χ4v) is 3.04. The van der Waals surface area contributed by atoms with Crippen LogP contribution in [0, 0.1) is 5.92 Å². The molecule has 0 nitrogen and oxygen atoms in total. The molecule has 0 aliphatic rings. The van der Waals surface area contributed by atoms with Crippen LogP contribution in [0.1, 0.15) is 111 Å². The SMILES string of the molecule is C=C(C)CC(CC)CCCCCCCCCCCCC. The Morgan fingerprint density at radius 3 is 1.60 bits per heavy atom. The minimum Gasteiger partial charge on any atom is -0.100 e. The van der Waals surface area contributed by atoms with Gasteiger partial charge in [-0.2, -0.15) is 0 Å². The average Bonchev–Trinajstić information content (AvgIpc) is 2.43. The molecular formula is C20H40. The largest absolute Gasteiger partial charge is 0.100 e. The number of hydrogen-bond acceptors (Lipinski definition) is 0. The maximum absolute atomic E-state index is 4.05. The van der Waals surface area contributed by atoms with Gasteiger partial charge in [-0.05, 0) is 19.3 Å². The smallest absolute Gasteiger partial charge is 0.0297 e. The van der Waals surface area contributed by atoms with Gasteiger partial charge in [-0.3, -0.25) is 0 Å². The summed E-state index contributed by atoms with van der Waals surface area (Å²) in [5.41, 5.74) is 1.36. The molecule has 0 aliphatic carbocycles. The van der Waals surface area contributed by atoms with E-state index in [1.165, 1.54) is 95.5 Å². The summed E-state index contributed by atoms with van der Waals surface area (Å²) in [4.78, 5) is 0. The Morgan fingerprint density at radius 1 is 0.750 bits per heavy atom. The van der Waals surface area contributed by atoms with Crippen LogP contribution in [0.4, 0.5) is 0 Å². The van der Waals surface area contributed by atoms with Gasteiger partial charge in [0.25, 0.3) is 0 Å². The van der Waals surface area contributed by atoms with Gasteiger partial charge in [0.2, 0.25) is 0 Å². The molecule has 0 aromatic rings. The van der Waals surface area contributed by atoms with Crippen molar-refractivity contribution in [2.45, 2.75) is 111 Å². The van der Waals surface area contributed by atoms with Crippen LogP contribution < -0.4 is 0 Å². The molecule has 120 valence electrons. The van der Waals surface area contributed by atoms with E-state index in [4.69, 9.17) is 0 Å². The predicted octanol–water partition coefficient (Wildman–Crippen LogP) is 7.68. The lowest BCUT2D eigenvalue weighted by Crippen LogP contribution is -1.99. The van der Waals surface area contributed by atoms with E-state index in [0.29, 0.717) is 0 Å². The van der Waals surface area contributed by atoms with Crippen molar-refractivity contribution in [1.29, 1.82) is 0 Å². The average molecular weight is 281 g/mol. The van der Waals surface area contributed by atoms with Gasteiger partial charge in [-0.15, -0.1) is 6.58 Å². The topological polar surface area (TPSA) is 0 Å². The second-order valence-electron chi connectivity index (χ2n) is 6.76. The molecule has 0 amide bonds. The van der Waals surface area contributed by atoms with Gasteiger partial charge in [0.05, 0.1) is 0 Å². The summed E-state index contributed by atoms with van der Waals surface area (Å²) in [7, 11) is 0. The summed E-state index contributed by atoms with van der Waals surface area (Å²) >= 11 is 0. The van der Waals surface area contributed by atoms with Gasteiger partial charge in [-0.1, -0.05) is 103 Å². The van der Waals surface area contributed by atoms with E-state index in [1.54, 1.807) is 0 Å². The fraction of sp³-hybridized carbons (Fsp3) is 0.900. The number of hydrogen-bond donors (Lipinski definition) is 0. The van der Waals surface area contributed by atoms with Crippen molar-refractivity contribution < 1.29 is 0 Å². The molecule has 0 aromatic heterocycles. The van der Waals surface area contributed by atoms with Gasteiger partial charge < -0.3 is 0 Å². The lowest BCUT2D eigenvalue weighted by Gasteiger charge is -2.14. The first kappa shape index (κ1) is 19.7. The lowest BCUT2D eigenvalue weighted by atomic mass is 9.92. The highest BCUT2D eigenvalue weighted by Crippen LogP contribution is 2.21. The maximum Gasteiger partial charge on any atom is -0.0297 e. The molecule has 0 rings (SSSR count). The summed E-state index contributed by atoms with van der Waals surface area (Å²) in [5.74, 6) is 0.895. The molecule has 1 atom stereocenters. The van der Waals surface area contributed by atoms with Gasteiger partial charge in [0.15, 0.2) is 0 Å². The van der Waals surface area contributed by atoms with Gasteiger partial charge in [-0.25, -0.2) is 0 Å². The van der Waals surface area contributed by atoms with Crippen LogP contribution in [0.15, 0.2) is 12.2 Å². The highest BCUT2D eigenvalue weighted by atomic mass is 14.1. The maximum atomic E-state index is 4.05. The zero-order valence-corrected chi connectivity index (χ0v) is 14.7. The Balaban J connectivity index is 3.21. The highest BCUT2D eigenvalue weighted by molar-refractivity contribution is 4.89. The summed E-state index contributed by atoms with van der Waals surface area (Å²) in [5, 5.41) is 0. The summed E-state index contributed by atoms with van der Waals surface area (Å²) in [6.07, 6.45) is 19.9. The van der Waals surface area contributed by atoms with Crippen LogP contribution in [-0.2, 0) is 0 Å². The van der Waals surface area contributed by atoms with Crippen molar-refractivity contribution >= 4 is 0 Å². The van der Waals surface area contributed by atoms with Crippen LogP contribution in [0.5, 0.6) is 0 Å². The third kappa shape index (κ3) is 14.2. The summed E-state index contributed by atoms with van der Waals surface area (Å²) in [6, 6.07) is 0. The standard InChI is InChI=1S/C20H40/c1-5-7-8-9-10-11-12-13-14-15-16-17-20(6-2)18-19(3)4/h20H,3,5-18H2,1-2,4H3. The van der Waals surface area contributed by atoms with E-state index >= 15 is 0 Å². The van der Waals surface area contributed by atoms with Crippen molar-refractivity contribution in [2.75, 3.05) is 0 Å². The monoisotopic (exact) mass is 280 g/mol. The van der Waals surface area contributed by atoms with Crippen LogP contribution in [-0.4, -0.2) is 0 Å². The molecule has 20 heavy (non-hydrogen) atoms. The molecule has 0 aliphatic heterocycles. The van der Waals surface area contributed by atoms with E-state index in [9.17, 15) is 0 Å². The zero-order chi connectivity index (χ0) is 15.1. The number of rotatable bonds is 15. The first-order valence-corrected chi connectivity index (χ1v) is 9.35. The molecule has 0 heteroatoms. The Labute approximate surface area is 129 Å². The van der Waals surface area contributed by atoms with Crippen molar-refractivity contribution in [2.24, 2.45) is 5.92 Å². The fourth-order valence-electron chi connectivity index (χ4n) is 3.04. The van der Waals surface area contributed by atoms with Crippen molar-refractivity contribution in [3.05, 3.63) is 12.2 Å². The Hall–Kier alpha value is -0.260. The highest BCUT2D eigenvalue weighted by Gasteiger charge is 2.05. The molecule has 0 fully saturated rings. The van der Waals surface area contributed by atoms with Crippen LogP contribution in [0.3, 0.4) is 0 Å². The van der Waals surface area contributed by atoms with Gasteiger partial charge in [0.1, 0.15) is 0 Å². The molecule has 0 spiro atoms. The Kier molecular flexibility index (Phi) is 14.9. The Bertz CT molecular complexity index is 204. The first-order chi connectivity index (χ1) is 9.70. The molecule has 0 radical (unpaired) electrons. The minimum atomic E-state index is 0.895. The second-order valence-corrected chi connectivity index (χ2v) is 6.76. The molecular weight excluding hydrogens is 240 g/mol. The second kappa shape index (κ2) is 15.1.